The molecule has 0 unspecified atom stereocenters. The van der Waals surface area contributed by atoms with Gasteiger partial charge in [0.1, 0.15) is 5.82 Å². The highest BCUT2D eigenvalue weighted by Gasteiger charge is 2.22. The number of nitrogens with one attached hydrogen (secondary N) is 1. The maximum absolute atomic E-state index is 12.9. The van der Waals surface area contributed by atoms with E-state index in [4.69, 9.17) is 4.74 Å². The number of esters is 1. The van der Waals surface area contributed by atoms with Crippen molar-refractivity contribution >= 4 is 34.4 Å². The molecular weight excluding hydrogens is 353 g/mol. The second-order valence-electron chi connectivity index (χ2n) is 5.80. The molecule has 1 heterocycles. The first kappa shape index (κ1) is 18.2. The number of carbonyl (C=O) groups excluding carboxylic acids is 2. The molecule has 3 rings (SSSR count). The molecular formula is C20H18FNO3S. The number of thioether (sulfide) groups is 1. The van der Waals surface area contributed by atoms with E-state index in [2.05, 4.69) is 4.98 Å². The zero-order valence-electron chi connectivity index (χ0n) is 14.2. The molecule has 3 aromatic rings. The second kappa shape index (κ2) is 8.19. The third-order valence-corrected chi connectivity index (χ3v) is 4.93. The fraction of sp³-hybridized carbons (Fsp3) is 0.200. The van der Waals surface area contributed by atoms with Gasteiger partial charge in [-0.2, -0.15) is 0 Å². The highest BCUT2D eigenvalue weighted by atomic mass is 32.2. The fourth-order valence-electron chi connectivity index (χ4n) is 2.59. The Balaban J connectivity index is 1.52. The Labute approximate surface area is 154 Å². The average Bonchev–Trinajstić information content (AvgIpc) is 3.06. The summed E-state index contributed by atoms with van der Waals surface area (Å²) in [7, 11) is 0. The normalized spacial score (nSPS) is 12.1. The lowest BCUT2D eigenvalue weighted by molar-refractivity contribution is -0.145. The summed E-state index contributed by atoms with van der Waals surface area (Å²) in [6, 6.07) is 13.6. The van der Waals surface area contributed by atoms with Gasteiger partial charge in [-0.3, -0.25) is 9.59 Å². The Morgan fingerprint density at radius 1 is 1.15 bits per heavy atom. The van der Waals surface area contributed by atoms with Gasteiger partial charge in [-0.1, -0.05) is 18.2 Å². The summed E-state index contributed by atoms with van der Waals surface area (Å²) in [4.78, 5) is 28.4. The van der Waals surface area contributed by atoms with Crippen LogP contribution >= 0.6 is 11.8 Å². The molecule has 26 heavy (non-hydrogen) atoms. The molecule has 0 aliphatic rings. The summed E-state index contributed by atoms with van der Waals surface area (Å²) in [5.74, 6) is -0.459. The molecule has 0 fully saturated rings. The van der Waals surface area contributed by atoms with Crippen molar-refractivity contribution in [2.75, 3.05) is 5.75 Å². The predicted molar refractivity (Wildman–Crippen MR) is 99.9 cm³/mol. The maximum Gasteiger partial charge on any atom is 0.307 e. The first-order valence-electron chi connectivity index (χ1n) is 8.23. The van der Waals surface area contributed by atoms with Gasteiger partial charge in [0.05, 0.1) is 6.42 Å². The number of rotatable bonds is 7. The Kier molecular flexibility index (Phi) is 5.73. The van der Waals surface area contributed by atoms with Crippen LogP contribution in [0.5, 0.6) is 0 Å². The zero-order valence-corrected chi connectivity index (χ0v) is 15.0. The van der Waals surface area contributed by atoms with Crippen molar-refractivity contribution < 1.29 is 18.7 Å². The number of para-hydroxylation sites is 1. The van der Waals surface area contributed by atoms with E-state index in [1.165, 1.54) is 23.9 Å². The lowest BCUT2D eigenvalue weighted by Crippen LogP contribution is -2.24. The number of aromatic nitrogens is 1. The van der Waals surface area contributed by atoms with Crippen LogP contribution in [0.4, 0.5) is 4.39 Å². The highest BCUT2D eigenvalue weighted by Crippen LogP contribution is 2.21. The molecule has 1 N–H and O–H groups in total. The summed E-state index contributed by atoms with van der Waals surface area (Å²) in [5.41, 5.74) is 1.38. The fourth-order valence-corrected chi connectivity index (χ4v) is 3.42. The van der Waals surface area contributed by atoms with Gasteiger partial charge in [0.2, 0.25) is 5.78 Å². The summed E-state index contributed by atoms with van der Waals surface area (Å²) in [6.45, 7) is 1.58. The summed E-state index contributed by atoms with van der Waals surface area (Å²) < 4.78 is 18.1. The van der Waals surface area contributed by atoms with E-state index in [-0.39, 0.29) is 18.0 Å². The lowest BCUT2D eigenvalue weighted by atomic mass is 10.1. The Bertz CT molecular complexity index is 920. The molecule has 6 heteroatoms. The first-order valence-corrected chi connectivity index (χ1v) is 9.21. The largest absolute Gasteiger partial charge is 0.454 e. The van der Waals surface area contributed by atoms with Gasteiger partial charge in [0, 0.05) is 33.3 Å². The predicted octanol–water partition coefficient (Wildman–Crippen LogP) is 4.60. The number of ketones is 1. The van der Waals surface area contributed by atoms with Gasteiger partial charge >= 0.3 is 5.97 Å². The number of ether oxygens (including phenoxy) is 1. The van der Waals surface area contributed by atoms with Gasteiger partial charge < -0.3 is 9.72 Å². The van der Waals surface area contributed by atoms with E-state index in [1.807, 2.05) is 24.3 Å². The van der Waals surface area contributed by atoms with E-state index < -0.39 is 12.1 Å². The third-order valence-electron chi connectivity index (χ3n) is 3.92. The van der Waals surface area contributed by atoms with E-state index in [0.29, 0.717) is 11.3 Å². The number of carbonyl (C=O) groups is 2. The number of fused-ring (bicyclic) bond motifs is 1. The van der Waals surface area contributed by atoms with Gasteiger partial charge in [0.15, 0.2) is 6.10 Å². The van der Waals surface area contributed by atoms with Crippen LogP contribution in [-0.2, 0) is 9.53 Å². The molecule has 0 bridgehead atoms. The van der Waals surface area contributed by atoms with Crippen LogP contribution in [0.2, 0.25) is 0 Å². The van der Waals surface area contributed by atoms with E-state index in [0.717, 1.165) is 15.8 Å². The van der Waals surface area contributed by atoms with Gasteiger partial charge in [-0.25, -0.2) is 4.39 Å². The molecule has 0 saturated carbocycles. The average molecular weight is 371 g/mol. The Morgan fingerprint density at radius 3 is 2.65 bits per heavy atom. The number of H-pyrrole nitrogens is 1. The van der Waals surface area contributed by atoms with Crippen LogP contribution in [0.1, 0.15) is 23.7 Å². The molecule has 2 aromatic carbocycles. The van der Waals surface area contributed by atoms with Crippen LogP contribution in [0.3, 0.4) is 0 Å². The first-order chi connectivity index (χ1) is 12.5. The molecule has 0 amide bonds. The lowest BCUT2D eigenvalue weighted by Gasteiger charge is -2.12. The van der Waals surface area contributed by atoms with E-state index in [1.54, 1.807) is 25.3 Å². The van der Waals surface area contributed by atoms with Crippen LogP contribution in [-0.4, -0.2) is 28.6 Å². The number of aromatic amines is 1. The third kappa shape index (κ3) is 4.32. The van der Waals surface area contributed by atoms with Crippen molar-refractivity contribution in [3.05, 3.63) is 66.1 Å². The van der Waals surface area contributed by atoms with Crippen molar-refractivity contribution in [1.29, 1.82) is 0 Å². The Hall–Kier alpha value is -2.60. The van der Waals surface area contributed by atoms with Crippen molar-refractivity contribution in [3.63, 3.8) is 0 Å². The second-order valence-corrected chi connectivity index (χ2v) is 6.96. The number of hydrogen-bond donors (Lipinski definition) is 1. The smallest absolute Gasteiger partial charge is 0.307 e. The molecule has 0 aliphatic carbocycles. The molecule has 1 atom stereocenters. The van der Waals surface area contributed by atoms with E-state index >= 15 is 0 Å². The highest BCUT2D eigenvalue weighted by molar-refractivity contribution is 7.99. The SMILES string of the molecule is C[C@@H](OC(=O)CCSc1ccc(F)cc1)C(=O)c1c[nH]c2ccccc12. The van der Waals surface area contributed by atoms with Crippen molar-refractivity contribution in [1.82, 2.24) is 4.98 Å². The van der Waals surface area contributed by atoms with Crippen LogP contribution in [0.15, 0.2) is 59.6 Å². The number of halogens is 1. The summed E-state index contributed by atoms with van der Waals surface area (Å²) in [5, 5.41) is 0.812. The van der Waals surface area contributed by atoms with Gasteiger partial charge in [-0.05, 0) is 37.3 Å². The molecule has 0 spiro atoms. The maximum atomic E-state index is 12.9. The van der Waals surface area contributed by atoms with Crippen LogP contribution < -0.4 is 0 Å². The zero-order chi connectivity index (χ0) is 18.5. The number of Topliss-reactive ketones (excluding diaryl/α,β-unsaturated/α-hetero) is 1. The molecule has 1 aromatic heterocycles. The standard InChI is InChI=1S/C20H18FNO3S/c1-13(20(24)17-12-22-18-5-3-2-4-16(17)18)25-19(23)10-11-26-15-8-6-14(21)7-9-15/h2-9,12-13,22H,10-11H2,1H3/t13-/m1/s1. The Morgan fingerprint density at radius 2 is 1.88 bits per heavy atom. The minimum absolute atomic E-state index is 0.174. The van der Waals surface area contributed by atoms with Crippen molar-refractivity contribution in [2.24, 2.45) is 0 Å². The summed E-state index contributed by atoms with van der Waals surface area (Å²) >= 11 is 1.44. The van der Waals surface area contributed by atoms with Crippen molar-refractivity contribution in [3.8, 4) is 0 Å². The topological polar surface area (TPSA) is 59.2 Å². The minimum Gasteiger partial charge on any atom is -0.454 e. The number of benzene rings is 2. The van der Waals surface area contributed by atoms with E-state index in [9.17, 15) is 14.0 Å². The number of hydrogen-bond acceptors (Lipinski definition) is 4. The molecule has 4 nitrogen and oxygen atoms in total. The summed E-state index contributed by atoms with van der Waals surface area (Å²) in [6.07, 6.45) is 0.965. The van der Waals surface area contributed by atoms with Gasteiger partial charge in [-0.15, -0.1) is 11.8 Å². The molecule has 134 valence electrons. The minimum atomic E-state index is -0.850. The quantitative estimate of drug-likeness (QED) is 0.374. The van der Waals surface area contributed by atoms with Crippen LogP contribution in [0, 0.1) is 5.82 Å². The molecule has 0 radical (unpaired) electrons. The molecule has 0 aliphatic heterocycles. The monoisotopic (exact) mass is 371 g/mol. The molecule has 0 saturated heterocycles. The van der Waals surface area contributed by atoms with Crippen molar-refractivity contribution in [2.45, 2.75) is 24.3 Å². The van der Waals surface area contributed by atoms with Gasteiger partial charge in [0.25, 0.3) is 0 Å². The van der Waals surface area contributed by atoms with Crippen LogP contribution in [0.25, 0.3) is 10.9 Å².